The summed E-state index contributed by atoms with van der Waals surface area (Å²) in [6.07, 6.45) is 0. The summed E-state index contributed by atoms with van der Waals surface area (Å²) in [7, 11) is 0. The van der Waals surface area contributed by atoms with Crippen molar-refractivity contribution in [3.05, 3.63) is 47.5 Å². The van der Waals surface area contributed by atoms with E-state index in [9.17, 15) is 4.79 Å². The van der Waals surface area contributed by atoms with Crippen molar-refractivity contribution in [3.63, 3.8) is 0 Å². The van der Waals surface area contributed by atoms with Crippen LogP contribution in [0.25, 0.3) is 11.1 Å². The van der Waals surface area contributed by atoms with E-state index in [1.165, 1.54) is 0 Å². The fourth-order valence-electron chi connectivity index (χ4n) is 1.76. The number of hydrogen-bond acceptors (Lipinski definition) is 1. The molecule has 0 spiro atoms. The molecule has 0 unspecified atom stereocenters. The van der Waals surface area contributed by atoms with Gasteiger partial charge >= 0.3 is 0 Å². The minimum absolute atomic E-state index is 0.358. The average Bonchev–Trinajstić information content (AvgIpc) is 2.31. The normalized spacial score (nSPS) is 10.4. The second-order valence-electron chi connectivity index (χ2n) is 3.35. The molecule has 0 aromatic heterocycles. The van der Waals surface area contributed by atoms with Gasteiger partial charge in [0.2, 0.25) is 5.91 Å². The highest BCUT2D eigenvalue weighted by molar-refractivity contribution is 6.02. The lowest BCUT2D eigenvalue weighted by molar-refractivity contribution is 0.100. The van der Waals surface area contributed by atoms with Crippen LogP contribution >= 0.6 is 0 Å². The molecule has 14 heavy (non-hydrogen) atoms. The van der Waals surface area contributed by atoms with E-state index in [-0.39, 0.29) is 5.91 Å². The van der Waals surface area contributed by atoms with Crippen molar-refractivity contribution in [1.29, 1.82) is 0 Å². The number of primary amides is 1. The molecule has 0 saturated carbocycles. The van der Waals surface area contributed by atoms with Crippen LogP contribution in [0.15, 0.2) is 36.4 Å². The third-order valence-corrected chi connectivity index (χ3v) is 2.35. The van der Waals surface area contributed by atoms with Crippen LogP contribution in [0.3, 0.4) is 0 Å². The van der Waals surface area contributed by atoms with Gasteiger partial charge in [0.1, 0.15) is 0 Å². The number of nitrogens with two attached hydrogens (primary N) is 1. The van der Waals surface area contributed by atoms with Crippen LogP contribution in [0.4, 0.5) is 0 Å². The molecule has 2 aliphatic rings. The van der Waals surface area contributed by atoms with E-state index in [0.717, 1.165) is 16.7 Å². The van der Waals surface area contributed by atoms with Crippen molar-refractivity contribution >= 4 is 5.91 Å². The standard InChI is InChI=1S/C12H11NO/c1-8-7-9-5-3-2-4-6-10(9)11(8)12(13)14/h2-7H,1H3,(H2,13,14). The van der Waals surface area contributed by atoms with Gasteiger partial charge in [0.15, 0.2) is 0 Å². The molecule has 0 radical (unpaired) electrons. The monoisotopic (exact) mass is 185 g/mol. The van der Waals surface area contributed by atoms with Gasteiger partial charge in [-0.3, -0.25) is 4.79 Å². The summed E-state index contributed by atoms with van der Waals surface area (Å²) < 4.78 is 0. The number of amides is 1. The summed E-state index contributed by atoms with van der Waals surface area (Å²) in [5.74, 6) is -0.358. The molecule has 0 heterocycles. The van der Waals surface area contributed by atoms with E-state index >= 15 is 0 Å². The van der Waals surface area contributed by atoms with E-state index in [0.29, 0.717) is 5.56 Å². The first-order chi connectivity index (χ1) is 6.70. The van der Waals surface area contributed by atoms with Crippen molar-refractivity contribution in [3.8, 4) is 11.1 Å². The molecule has 0 atom stereocenters. The molecule has 0 saturated heterocycles. The highest BCUT2D eigenvalue weighted by atomic mass is 16.1. The zero-order valence-electron chi connectivity index (χ0n) is 7.95. The van der Waals surface area contributed by atoms with Gasteiger partial charge in [-0.05, 0) is 23.6 Å². The predicted molar refractivity (Wildman–Crippen MR) is 56.3 cm³/mol. The van der Waals surface area contributed by atoms with Crippen molar-refractivity contribution in [2.24, 2.45) is 5.73 Å². The molecule has 0 bridgehead atoms. The Kier molecular flexibility index (Phi) is 1.97. The topological polar surface area (TPSA) is 43.1 Å². The third-order valence-electron chi connectivity index (χ3n) is 2.35. The molecular formula is C12H11NO. The maximum Gasteiger partial charge on any atom is 0.249 e. The minimum Gasteiger partial charge on any atom is -0.366 e. The van der Waals surface area contributed by atoms with Crippen LogP contribution in [0.5, 0.6) is 0 Å². The molecule has 2 N–H and O–H groups in total. The number of carbonyl (C=O) groups excluding carboxylic acids is 1. The van der Waals surface area contributed by atoms with Crippen molar-refractivity contribution in [1.82, 2.24) is 0 Å². The molecule has 2 aliphatic carbocycles. The van der Waals surface area contributed by atoms with Crippen LogP contribution in [-0.4, -0.2) is 5.91 Å². The Hall–Kier alpha value is -1.83. The van der Waals surface area contributed by atoms with Gasteiger partial charge in [0.05, 0.1) is 0 Å². The lowest BCUT2D eigenvalue weighted by Crippen LogP contribution is -2.11. The SMILES string of the molecule is Cc1cc2cccccc-2c1C(N)=O. The molecule has 0 fully saturated rings. The Bertz CT molecular complexity index is 462. The quantitative estimate of drug-likeness (QED) is 0.727. The Balaban J connectivity index is 2.77. The molecule has 0 aromatic carbocycles. The summed E-state index contributed by atoms with van der Waals surface area (Å²) in [6.45, 7) is 1.90. The predicted octanol–water partition coefficient (Wildman–Crippen LogP) is 2.20. The van der Waals surface area contributed by atoms with Crippen molar-refractivity contribution in [2.75, 3.05) is 0 Å². The van der Waals surface area contributed by atoms with Gasteiger partial charge in [-0.15, -0.1) is 0 Å². The number of carbonyl (C=O) groups is 1. The molecule has 1 amide bonds. The summed E-state index contributed by atoms with van der Waals surface area (Å²) in [4.78, 5) is 11.2. The van der Waals surface area contributed by atoms with Gasteiger partial charge in [-0.25, -0.2) is 0 Å². The van der Waals surface area contributed by atoms with Crippen molar-refractivity contribution < 1.29 is 4.79 Å². The Morgan fingerprint density at radius 2 is 1.93 bits per heavy atom. The fourth-order valence-corrected chi connectivity index (χ4v) is 1.76. The smallest absolute Gasteiger partial charge is 0.249 e. The molecule has 0 aliphatic heterocycles. The lowest BCUT2D eigenvalue weighted by Gasteiger charge is -1.96. The number of fused-ring (bicyclic) bond motifs is 1. The first kappa shape index (κ1) is 8.75. The highest BCUT2D eigenvalue weighted by Crippen LogP contribution is 2.29. The largest absolute Gasteiger partial charge is 0.366 e. The van der Waals surface area contributed by atoms with Gasteiger partial charge in [-0.1, -0.05) is 36.4 Å². The molecular weight excluding hydrogens is 174 g/mol. The molecule has 70 valence electrons. The second kappa shape index (κ2) is 3.14. The van der Waals surface area contributed by atoms with E-state index < -0.39 is 0 Å². The zero-order valence-corrected chi connectivity index (χ0v) is 7.95. The third kappa shape index (κ3) is 1.25. The van der Waals surface area contributed by atoms with Crippen LogP contribution < -0.4 is 5.73 Å². The molecule has 2 heteroatoms. The lowest BCUT2D eigenvalue weighted by atomic mass is 10.1. The summed E-state index contributed by atoms with van der Waals surface area (Å²) in [6, 6.07) is 11.7. The molecule has 2 rings (SSSR count). The van der Waals surface area contributed by atoms with E-state index in [1.807, 2.05) is 43.3 Å². The van der Waals surface area contributed by atoms with E-state index in [2.05, 4.69) is 0 Å². The first-order valence-corrected chi connectivity index (χ1v) is 4.48. The van der Waals surface area contributed by atoms with Crippen LogP contribution in [0.1, 0.15) is 15.9 Å². The van der Waals surface area contributed by atoms with Gasteiger partial charge in [0.25, 0.3) is 0 Å². The minimum atomic E-state index is -0.358. The van der Waals surface area contributed by atoms with E-state index in [4.69, 9.17) is 5.73 Å². The second-order valence-corrected chi connectivity index (χ2v) is 3.35. The number of hydrogen-bond donors (Lipinski definition) is 1. The average molecular weight is 185 g/mol. The van der Waals surface area contributed by atoms with E-state index in [1.54, 1.807) is 0 Å². The highest BCUT2D eigenvalue weighted by Gasteiger charge is 2.15. The Morgan fingerprint density at radius 3 is 2.64 bits per heavy atom. The van der Waals surface area contributed by atoms with Gasteiger partial charge in [0, 0.05) is 5.56 Å². The zero-order chi connectivity index (χ0) is 10.1. The first-order valence-electron chi connectivity index (χ1n) is 4.48. The maximum atomic E-state index is 11.2. The Labute approximate surface area is 82.7 Å². The Morgan fingerprint density at radius 1 is 1.21 bits per heavy atom. The fraction of sp³-hybridized carbons (Fsp3) is 0.0833. The van der Waals surface area contributed by atoms with Crippen LogP contribution in [0, 0.1) is 6.92 Å². The summed E-state index contributed by atoms with van der Waals surface area (Å²) >= 11 is 0. The summed E-state index contributed by atoms with van der Waals surface area (Å²) in [5, 5.41) is 0. The number of aryl methyl sites for hydroxylation is 1. The van der Waals surface area contributed by atoms with Crippen molar-refractivity contribution in [2.45, 2.75) is 6.92 Å². The molecule has 0 aromatic rings. The molecule has 2 nitrogen and oxygen atoms in total. The number of rotatable bonds is 1. The van der Waals surface area contributed by atoms with Crippen LogP contribution in [-0.2, 0) is 0 Å². The van der Waals surface area contributed by atoms with Gasteiger partial charge in [-0.2, -0.15) is 0 Å². The van der Waals surface area contributed by atoms with Crippen LogP contribution in [0.2, 0.25) is 0 Å². The van der Waals surface area contributed by atoms with Gasteiger partial charge < -0.3 is 5.73 Å². The summed E-state index contributed by atoms with van der Waals surface area (Å²) in [5.41, 5.74) is 8.89. The maximum absolute atomic E-state index is 11.2.